The number of nitrogens with one attached hydrogen (secondary N) is 1. The Bertz CT molecular complexity index is 1270. The molecule has 7 nitrogen and oxygen atoms in total. The number of halogens is 3. The quantitative estimate of drug-likeness (QED) is 0.382. The first kappa shape index (κ1) is 21.9. The molecule has 0 saturated heterocycles. The molecule has 0 aliphatic rings. The van der Waals surface area contributed by atoms with Crippen molar-refractivity contribution in [2.45, 2.75) is 20.1 Å². The smallest absolute Gasteiger partial charge is 0.279 e. The van der Waals surface area contributed by atoms with Gasteiger partial charge < -0.3 is 14.6 Å². The fourth-order valence-corrected chi connectivity index (χ4v) is 3.38. The highest BCUT2D eigenvalue weighted by atomic mass is 35.5. The molecular formula is C22H17Cl2FN4O3. The lowest BCUT2D eigenvalue weighted by Crippen LogP contribution is -2.16. The number of para-hydroxylation sites is 1. The first-order valence-corrected chi connectivity index (χ1v) is 10.3. The average Bonchev–Trinajstić information content (AvgIpc) is 3.31. The van der Waals surface area contributed by atoms with Gasteiger partial charge in [0.1, 0.15) is 17.4 Å². The number of ether oxygens (including phenoxy) is 1. The summed E-state index contributed by atoms with van der Waals surface area (Å²) in [5, 5.41) is 11.6. The van der Waals surface area contributed by atoms with Crippen molar-refractivity contribution in [3.8, 4) is 5.75 Å². The highest BCUT2D eigenvalue weighted by molar-refractivity contribution is 6.33. The van der Waals surface area contributed by atoms with Crippen LogP contribution >= 0.6 is 23.2 Å². The number of carbonyl (C=O) groups excluding carboxylic acids is 1. The van der Waals surface area contributed by atoms with Crippen molar-refractivity contribution in [1.29, 1.82) is 0 Å². The molecule has 4 rings (SSSR count). The van der Waals surface area contributed by atoms with E-state index >= 15 is 0 Å². The summed E-state index contributed by atoms with van der Waals surface area (Å²) in [6.07, 6.45) is 1.58. The summed E-state index contributed by atoms with van der Waals surface area (Å²) >= 11 is 12.4. The van der Waals surface area contributed by atoms with Crippen molar-refractivity contribution in [2.24, 2.45) is 0 Å². The highest BCUT2D eigenvalue weighted by Crippen LogP contribution is 2.24. The van der Waals surface area contributed by atoms with Crippen molar-refractivity contribution >= 4 is 34.9 Å². The lowest BCUT2D eigenvalue weighted by molar-refractivity contribution is 0.101. The fourth-order valence-electron chi connectivity index (χ4n) is 2.98. The minimum atomic E-state index is -0.584. The Labute approximate surface area is 192 Å². The van der Waals surface area contributed by atoms with Gasteiger partial charge in [0.2, 0.25) is 0 Å². The molecular weight excluding hydrogens is 458 g/mol. The number of benzene rings is 2. The Morgan fingerprint density at radius 2 is 1.91 bits per heavy atom. The lowest BCUT2D eigenvalue weighted by atomic mass is 10.2. The Hall–Kier alpha value is -3.36. The van der Waals surface area contributed by atoms with Crippen LogP contribution in [0.1, 0.15) is 27.4 Å². The summed E-state index contributed by atoms with van der Waals surface area (Å²) in [5.41, 5.74) is 1.24. The van der Waals surface area contributed by atoms with Crippen LogP contribution in [0.15, 0.2) is 59.3 Å². The standard InChI is InChI=1S/C22H17Cl2FN4O3/c1-13-15(12-31-19-9-5-4-8-18(19)25)20(28-32-13)22(30)26-21-17(24)11-29(27-21)10-14-6-2-3-7-16(14)23/h2-9,11H,10,12H2,1H3,(H,26,27,30). The molecule has 10 heteroatoms. The second kappa shape index (κ2) is 9.42. The number of rotatable bonds is 7. The predicted octanol–water partition coefficient (Wildman–Crippen LogP) is 5.51. The van der Waals surface area contributed by atoms with Crippen molar-refractivity contribution < 1.29 is 18.4 Å². The number of hydrogen-bond donors (Lipinski definition) is 1. The molecule has 32 heavy (non-hydrogen) atoms. The summed E-state index contributed by atoms with van der Waals surface area (Å²) < 4.78 is 26.0. The number of anilines is 1. The van der Waals surface area contributed by atoms with Crippen LogP contribution in [-0.4, -0.2) is 20.8 Å². The number of nitrogens with zero attached hydrogens (tertiary/aromatic N) is 3. The van der Waals surface area contributed by atoms with Crippen molar-refractivity contribution in [1.82, 2.24) is 14.9 Å². The first-order chi connectivity index (χ1) is 15.4. The van der Waals surface area contributed by atoms with E-state index in [4.69, 9.17) is 32.5 Å². The van der Waals surface area contributed by atoms with E-state index in [2.05, 4.69) is 15.6 Å². The zero-order valence-corrected chi connectivity index (χ0v) is 18.3. The molecule has 1 N–H and O–H groups in total. The first-order valence-electron chi connectivity index (χ1n) is 9.52. The highest BCUT2D eigenvalue weighted by Gasteiger charge is 2.22. The zero-order valence-electron chi connectivity index (χ0n) is 16.8. The van der Waals surface area contributed by atoms with Crippen molar-refractivity contribution in [3.63, 3.8) is 0 Å². The van der Waals surface area contributed by atoms with E-state index in [9.17, 15) is 9.18 Å². The number of amides is 1. The van der Waals surface area contributed by atoms with E-state index in [1.807, 2.05) is 18.2 Å². The second-order valence-corrected chi connectivity index (χ2v) is 7.67. The molecule has 2 aromatic carbocycles. The Kier molecular flexibility index (Phi) is 6.43. The summed E-state index contributed by atoms with van der Waals surface area (Å²) in [6, 6.07) is 13.3. The largest absolute Gasteiger partial charge is 0.486 e. The monoisotopic (exact) mass is 474 g/mol. The van der Waals surface area contributed by atoms with E-state index in [1.54, 1.807) is 36.0 Å². The lowest BCUT2D eigenvalue weighted by Gasteiger charge is -2.07. The molecule has 1 amide bonds. The summed E-state index contributed by atoms with van der Waals surface area (Å²) in [4.78, 5) is 12.8. The summed E-state index contributed by atoms with van der Waals surface area (Å²) in [6.45, 7) is 1.91. The molecule has 0 fully saturated rings. The fraction of sp³-hybridized carbons (Fsp3) is 0.136. The Balaban J connectivity index is 1.48. The van der Waals surface area contributed by atoms with Gasteiger partial charge in [0.25, 0.3) is 5.91 Å². The minimum absolute atomic E-state index is 0.00411. The third kappa shape index (κ3) is 4.76. The molecule has 0 saturated carbocycles. The average molecular weight is 475 g/mol. The molecule has 2 heterocycles. The molecule has 0 aliphatic carbocycles. The van der Waals surface area contributed by atoms with E-state index < -0.39 is 11.7 Å². The maximum atomic E-state index is 13.8. The molecule has 0 aliphatic heterocycles. The van der Waals surface area contributed by atoms with E-state index in [0.717, 1.165) is 5.56 Å². The van der Waals surface area contributed by atoms with Gasteiger partial charge in [0, 0.05) is 11.2 Å². The third-order valence-corrected chi connectivity index (χ3v) is 5.29. The van der Waals surface area contributed by atoms with Crippen molar-refractivity contribution in [3.05, 3.63) is 93.2 Å². The van der Waals surface area contributed by atoms with Crippen molar-refractivity contribution in [2.75, 3.05) is 5.32 Å². The van der Waals surface area contributed by atoms with Crippen LogP contribution in [0, 0.1) is 12.7 Å². The van der Waals surface area contributed by atoms with Gasteiger partial charge in [-0.2, -0.15) is 5.10 Å². The summed E-state index contributed by atoms with van der Waals surface area (Å²) in [5.74, 6) is -0.504. The number of carbonyl (C=O) groups is 1. The molecule has 4 aromatic rings. The number of aromatic nitrogens is 3. The van der Waals surface area contributed by atoms with Crippen LogP contribution in [-0.2, 0) is 13.2 Å². The molecule has 0 bridgehead atoms. The maximum Gasteiger partial charge on any atom is 0.279 e. The Morgan fingerprint density at radius 3 is 2.69 bits per heavy atom. The zero-order chi connectivity index (χ0) is 22.7. The van der Waals surface area contributed by atoms with Gasteiger partial charge in [-0.15, -0.1) is 0 Å². The van der Waals surface area contributed by atoms with Gasteiger partial charge in [0.05, 0.1) is 12.1 Å². The van der Waals surface area contributed by atoms with Gasteiger partial charge in [0.15, 0.2) is 23.1 Å². The van der Waals surface area contributed by atoms with Gasteiger partial charge in [-0.05, 0) is 30.7 Å². The Morgan fingerprint density at radius 1 is 1.16 bits per heavy atom. The minimum Gasteiger partial charge on any atom is -0.486 e. The van der Waals surface area contributed by atoms with Gasteiger partial charge in [-0.1, -0.05) is 58.7 Å². The van der Waals surface area contributed by atoms with Crippen LogP contribution in [0.3, 0.4) is 0 Å². The molecule has 2 aromatic heterocycles. The van der Waals surface area contributed by atoms with Gasteiger partial charge in [-0.3, -0.25) is 9.48 Å². The number of aryl methyl sites for hydroxylation is 1. The van der Waals surface area contributed by atoms with Crippen LogP contribution in [0.2, 0.25) is 10.0 Å². The van der Waals surface area contributed by atoms with Crippen LogP contribution in [0.5, 0.6) is 5.75 Å². The predicted molar refractivity (Wildman–Crippen MR) is 118 cm³/mol. The molecule has 0 spiro atoms. The van der Waals surface area contributed by atoms with Crippen LogP contribution in [0.4, 0.5) is 10.2 Å². The van der Waals surface area contributed by atoms with Gasteiger partial charge in [-0.25, -0.2) is 4.39 Å². The third-order valence-electron chi connectivity index (χ3n) is 4.65. The summed E-state index contributed by atoms with van der Waals surface area (Å²) in [7, 11) is 0. The van der Waals surface area contributed by atoms with Crippen LogP contribution in [0.25, 0.3) is 0 Å². The normalized spacial score (nSPS) is 10.9. The number of hydrogen-bond acceptors (Lipinski definition) is 5. The topological polar surface area (TPSA) is 82.2 Å². The molecule has 0 atom stereocenters. The van der Waals surface area contributed by atoms with E-state index in [1.165, 1.54) is 12.1 Å². The second-order valence-electron chi connectivity index (χ2n) is 6.85. The van der Waals surface area contributed by atoms with E-state index in [-0.39, 0.29) is 28.9 Å². The molecule has 0 radical (unpaired) electrons. The molecule has 164 valence electrons. The van der Waals surface area contributed by atoms with E-state index in [0.29, 0.717) is 22.9 Å². The maximum absolute atomic E-state index is 13.8. The van der Waals surface area contributed by atoms with Gasteiger partial charge >= 0.3 is 0 Å². The molecule has 0 unspecified atom stereocenters. The van der Waals surface area contributed by atoms with Crippen LogP contribution < -0.4 is 10.1 Å². The SMILES string of the molecule is Cc1onc(C(=O)Nc2nn(Cc3ccccc3Cl)cc2Cl)c1COc1ccccc1F.